The molecule has 0 atom stereocenters. The first-order valence-corrected chi connectivity index (χ1v) is 11.0. The Morgan fingerprint density at radius 1 is 0.618 bits per heavy atom. The van der Waals surface area contributed by atoms with E-state index in [4.69, 9.17) is 0 Å². The Balaban J connectivity index is 0.000000180. The predicted molar refractivity (Wildman–Crippen MR) is 147 cm³/mol. The zero-order valence-corrected chi connectivity index (χ0v) is 20.1. The molecule has 6 aromatic rings. The molecule has 0 aliphatic rings. The Kier molecular flexibility index (Phi) is 8.23. The molecule has 1 radical (unpaired) electrons. The summed E-state index contributed by atoms with van der Waals surface area (Å²) in [7, 11) is 0. The zero-order valence-electron chi connectivity index (χ0n) is 18.7. The summed E-state index contributed by atoms with van der Waals surface area (Å²) in [5, 5.41) is 5.27. The van der Waals surface area contributed by atoms with E-state index < -0.39 is 0 Å². The van der Waals surface area contributed by atoms with Crippen LogP contribution in [0.1, 0.15) is 14.4 Å². The summed E-state index contributed by atoms with van der Waals surface area (Å²) in [5.74, 6) is 0. The van der Waals surface area contributed by atoms with Gasteiger partial charge in [-0.15, -0.1) is 6.58 Å². The Hall–Kier alpha value is -3.46. The molecule has 2 nitrogen and oxygen atoms in total. The van der Waals surface area contributed by atoms with Gasteiger partial charge in [-0.3, -0.25) is 0 Å². The van der Waals surface area contributed by atoms with Gasteiger partial charge in [0.05, 0.1) is 11.0 Å². The number of aromatic nitrogens is 2. The smallest absolute Gasteiger partial charge is 0.0534 e. The molecular formula is C31H30N2V. The largest absolute Gasteiger partial charge is 0.337 e. The van der Waals surface area contributed by atoms with Gasteiger partial charge in [-0.25, -0.2) is 0 Å². The van der Waals surface area contributed by atoms with E-state index in [9.17, 15) is 0 Å². The first-order chi connectivity index (χ1) is 15.8. The van der Waals surface area contributed by atoms with Crippen molar-refractivity contribution in [3.63, 3.8) is 0 Å². The number of nitrogens with zero attached hydrogens (tertiary/aromatic N) is 2. The van der Waals surface area contributed by atoms with Gasteiger partial charge < -0.3 is 9.13 Å². The molecule has 0 bridgehead atoms. The van der Waals surface area contributed by atoms with Gasteiger partial charge in [-0.1, -0.05) is 92.4 Å². The van der Waals surface area contributed by atoms with Crippen LogP contribution >= 0.6 is 0 Å². The molecular weight excluding hydrogens is 451 g/mol. The fraction of sp³-hybridized carbons (Fsp3) is 0.0968. The summed E-state index contributed by atoms with van der Waals surface area (Å²) in [6.45, 7) is 6.73. The number of hydrogen-bond acceptors (Lipinski definition) is 0. The van der Waals surface area contributed by atoms with Gasteiger partial charge in [0.1, 0.15) is 0 Å². The standard InChI is InChI=1S/2C15H13N.CH4.V/c2*1-2-11-16-14-9-5-3-7-12(14)13-8-4-6-10-15(13)16;;/h2-11H,1H3;2-10H,1,11H2;1H4;/b11-2+;;;. The topological polar surface area (TPSA) is 9.86 Å². The summed E-state index contributed by atoms with van der Waals surface area (Å²) in [4.78, 5) is 0. The molecule has 4 aromatic carbocycles. The normalized spacial score (nSPS) is 10.7. The van der Waals surface area contributed by atoms with Crippen LogP contribution in [0.25, 0.3) is 49.8 Å². The van der Waals surface area contributed by atoms with E-state index in [1.54, 1.807) is 0 Å². The molecule has 34 heavy (non-hydrogen) atoms. The minimum absolute atomic E-state index is 0. The fourth-order valence-corrected chi connectivity index (χ4v) is 4.59. The number of benzene rings is 4. The van der Waals surface area contributed by atoms with Crippen molar-refractivity contribution in [3.8, 4) is 0 Å². The van der Waals surface area contributed by atoms with Crippen LogP contribution in [-0.4, -0.2) is 9.13 Å². The quantitative estimate of drug-likeness (QED) is 0.223. The van der Waals surface area contributed by atoms with Crippen molar-refractivity contribution < 1.29 is 18.6 Å². The van der Waals surface area contributed by atoms with E-state index >= 15 is 0 Å². The number of para-hydroxylation sites is 4. The van der Waals surface area contributed by atoms with Crippen molar-refractivity contribution in [1.29, 1.82) is 0 Å². The van der Waals surface area contributed by atoms with Crippen LogP contribution in [0.2, 0.25) is 0 Å². The number of hydrogen-bond donors (Lipinski definition) is 0. The van der Waals surface area contributed by atoms with Crippen LogP contribution in [0.4, 0.5) is 0 Å². The second-order valence-electron chi connectivity index (χ2n) is 7.82. The second-order valence-corrected chi connectivity index (χ2v) is 7.82. The third-order valence-corrected chi connectivity index (χ3v) is 5.91. The molecule has 2 heterocycles. The van der Waals surface area contributed by atoms with Crippen LogP contribution in [0.3, 0.4) is 0 Å². The molecule has 0 saturated carbocycles. The first kappa shape index (κ1) is 25.2. The minimum Gasteiger partial charge on any atom is -0.337 e. The van der Waals surface area contributed by atoms with Crippen LogP contribution in [0.5, 0.6) is 0 Å². The molecule has 2 aromatic heterocycles. The van der Waals surface area contributed by atoms with E-state index in [0.717, 1.165) is 6.54 Å². The third kappa shape index (κ3) is 4.35. The molecule has 0 aliphatic carbocycles. The maximum atomic E-state index is 3.83. The van der Waals surface area contributed by atoms with Gasteiger partial charge in [0, 0.05) is 63.9 Å². The molecule has 0 aliphatic heterocycles. The molecule has 6 rings (SSSR count). The number of fused-ring (bicyclic) bond motifs is 6. The molecule has 3 heteroatoms. The first-order valence-electron chi connectivity index (χ1n) is 11.0. The Bertz CT molecular complexity index is 1480. The molecule has 0 saturated heterocycles. The minimum atomic E-state index is 0. The van der Waals surface area contributed by atoms with E-state index in [0.29, 0.717) is 0 Å². The molecule has 0 unspecified atom stereocenters. The van der Waals surface area contributed by atoms with E-state index in [1.807, 2.05) is 13.0 Å². The van der Waals surface area contributed by atoms with Crippen molar-refractivity contribution >= 4 is 49.8 Å². The van der Waals surface area contributed by atoms with Crippen molar-refractivity contribution in [2.45, 2.75) is 20.9 Å². The fourth-order valence-electron chi connectivity index (χ4n) is 4.59. The van der Waals surface area contributed by atoms with Gasteiger partial charge in [0.2, 0.25) is 0 Å². The zero-order chi connectivity index (χ0) is 21.9. The van der Waals surface area contributed by atoms with Gasteiger partial charge in [0.25, 0.3) is 0 Å². The summed E-state index contributed by atoms with van der Waals surface area (Å²) >= 11 is 0. The summed E-state index contributed by atoms with van der Waals surface area (Å²) in [6.07, 6.45) is 6.13. The summed E-state index contributed by atoms with van der Waals surface area (Å²) in [6, 6.07) is 34.1. The molecule has 0 spiro atoms. The molecule has 0 fully saturated rings. The molecule has 169 valence electrons. The van der Waals surface area contributed by atoms with Crippen molar-refractivity contribution in [3.05, 3.63) is 116 Å². The maximum absolute atomic E-state index is 3.83. The Morgan fingerprint density at radius 2 is 0.971 bits per heavy atom. The monoisotopic (exact) mass is 481 g/mol. The van der Waals surface area contributed by atoms with Crippen molar-refractivity contribution in [2.75, 3.05) is 0 Å². The van der Waals surface area contributed by atoms with Gasteiger partial charge in [-0.05, 0) is 31.2 Å². The maximum Gasteiger partial charge on any atom is 0.0534 e. The Labute approximate surface area is 213 Å². The van der Waals surface area contributed by atoms with Crippen LogP contribution in [0.15, 0.2) is 116 Å². The molecule has 0 N–H and O–H groups in total. The van der Waals surface area contributed by atoms with Crippen molar-refractivity contribution in [1.82, 2.24) is 9.13 Å². The van der Waals surface area contributed by atoms with Crippen LogP contribution in [-0.2, 0) is 25.1 Å². The average molecular weight is 482 g/mol. The van der Waals surface area contributed by atoms with Gasteiger partial charge >= 0.3 is 0 Å². The number of allylic oxidation sites excluding steroid dienone is 2. The summed E-state index contributed by atoms with van der Waals surface area (Å²) in [5.41, 5.74) is 5.09. The van der Waals surface area contributed by atoms with E-state index in [-0.39, 0.29) is 26.0 Å². The van der Waals surface area contributed by atoms with Gasteiger partial charge in [0.15, 0.2) is 0 Å². The predicted octanol–water partition coefficient (Wildman–Crippen LogP) is 8.90. The third-order valence-electron chi connectivity index (χ3n) is 5.91. The van der Waals surface area contributed by atoms with Gasteiger partial charge in [-0.2, -0.15) is 0 Å². The van der Waals surface area contributed by atoms with Crippen molar-refractivity contribution in [2.24, 2.45) is 0 Å². The van der Waals surface area contributed by atoms with E-state index in [2.05, 4.69) is 125 Å². The second kappa shape index (κ2) is 11.1. The van der Waals surface area contributed by atoms with Crippen LogP contribution in [0, 0.1) is 0 Å². The number of rotatable bonds is 3. The van der Waals surface area contributed by atoms with Crippen LogP contribution < -0.4 is 0 Å². The summed E-state index contributed by atoms with van der Waals surface area (Å²) < 4.78 is 4.54. The average Bonchev–Trinajstić information content (AvgIpc) is 3.34. The molecule has 0 amide bonds. The Morgan fingerprint density at radius 3 is 1.35 bits per heavy atom. The van der Waals surface area contributed by atoms with E-state index in [1.165, 1.54) is 43.6 Å². The SMILES string of the molecule is C.C/C=C/n1c2ccccc2c2ccccc21.C=CCn1c2ccccc2c2ccccc21.[V].